The van der Waals surface area contributed by atoms with Crippen LogP contribution in [0.2, 0.25) is 0 Å². The Balaban J connectivity index is 2.59. The lowest BCUT2D eigenvalue weighted by Crippen LogP contribution is -2.30. The number of carbonyl (C=O) groups is 1. The fourth-order valence-electron chi connectivity index (χ4n) is 1.88. The molecule has 1 rings (SSSR count). The van der Waals surface area contributed by atoms with Crippen LogP contribution in [0.3, 0.4) is 0 Å². The summed E-state index contributed by atoms with van der Waals surface area (Å²) in [7, 11) is 5.96. The number of hydrogen-bond acceptors (Lipinski definition) is 5. The maximum absolute atomic E-state index is 11.8. The summed E-state index contributed by atoms with van der Waals surface area (Å²) in [6, 6.07) is 0.377. The van der Waals surface area contributed by atoms with Crippen molar-refractivity contribution in [1.29, 1.82) is 0 Å². The van der Waals surface area contributed by atoms with Gasteiger partial charge in [0.25, 0.3) is 0 Å². The molecule has 6 heteroatoms. The van der Waals surface area contributed by atoms with Gasteiger partial charge in [0, 0.05) is 19.6 Å². The van der Waals surface area contributed by atoms with Gasteiger partial charge in [0.1, 0.15) is 5.56 Å². The van der Waals surface area contributed by atoms with E-state index in [1.807, 2.05) is 7.05 Å². The van der Waals surface area contributed by atoms with E-state index in [2.05, 4.69) is 36.3 Å². The van der Waals surface area contributed by atoms with Crippen molar-refractivity contribution in [3.8, 4) is 0 Å². The molecule has 0 aliphatic heterocycles. The summed E-state index contributed by atoms with van der Waals surface area (Å²) in [4.78, 5) is 14.0. The monoisotopic (exact) mass is 282 g/mol. The molecule has 1 atom stereocenters. The van der Waals surface area contributed by atoms with Crippen LogP contribution in [-0.4, -0.2) is 53.9 Å². The number of rotatable bonds is 8. The first-order valence-corrected chi connectivity index (χ1v) is 7.01. The van der Waals surface area contributed by atoms with E-state index in [9.17, 15) is 4.79 Å². The summed E-state index contributed by atoms with van der Waals surface area (Å²) < 4.78 is 6.76. The number of hydrogen-bond donors (Lipinski definition) is 1. The van der Waals surface area contributed by atoms with E-state index in [1.165, 1.54) is 0 Å². The summed E-state index contributed by atoms with van der Waals surface area (Å²) in [5.74, 6) is -0.307. The minimum absolute atomic E-state index is 0.307. The molecule has 0 saturated carbocycles. The molecule has 0 aliphatic carbocycles. The Morgan fingerprint density at radius 3 is 2.85 bits per heavy atom. The fourth-order valence-corrected chi connectivity index (χ4v) is 1.88. The molecule has 1 aromatic heterocycles. The Labute approximate surface area is 121 Å². The first-order chi connectivity index (χ1) is 9.45. The van der Waals surface area contributed by atoms with Crippen molar-refractivity contribution >= 4 is 5.97 Å². The van der Waals surface area contributed by atoms with E-state index in [4.69, 9.17) is 4.74 Å². The maximum Gasteiger partial charge on any atom is 0.341 e. The third kappa shape index (κ3) is 4.94. The van der Waals surface area contributed by atoms with Gasteiger partial charge in [0.05, 0.1) is 18.5 Å². The smallest absolute Gasteiger partial charge is 0.341 e. The molecule has 1 heterocycles. The predicted molar refractivity (Wildman–Crippen MR) is 78.6 cm³/mol. The molecule has 6 nitrogen and oxygen atoms in total. The first kappa shape index (κ1) is 16.7. The van der Waals surface area contributed by atoms with Gasteiger partial charge in [-0.1, -0.05) is 0 Å². The molecular weight excluding hydrogens is 256 g/mol. The summed E-state index contributed by atoms with van der Waals surface area (Å²) in [5, 5.41) is 7.56. The summed E-state index contributed by atoms with van der Waals surface area (Å²) >= 11 is 0. The molecule has 114 valence electrons. The summed E-state index contributed by atoms with van der Waals surface area (Å²) in [6.45, 7) is 5.96. The van der Waals surface area contributed by atoms with Crippen LogP contribution in [0.1, 0.15) is 36.3 Å². The lowest BCUT2D eigenvalue weighted by Gasteiger charge is -2.17. The number of ether oxygens (including phenoxy) is 1. The van der Waals surface area contributed by atoms with Crippen LogP contribution in [0.25, 0.3) is 0 Å². The standard InChI is InChI=1S/C14H26N4O2/c1-6-20-14(19)12-9-16-18(5)13(12)10-15-11(2)7-8-17(3)4/h9,11,15H,6-8,10H2,1-5H3. The van der Waals surface area contributed by atoms with Gasteiger partial charge in [-0.15, -0.1) is 0 Å². The Morgan fingerprint density at radius 1 is 1.55 bits per heavy atom. The van der Waals surface area contributed by atoms with Gasteiger partial charge >= 0.3 is 5.97 Å². The molecule has 0 saturated heterocycles. The SMILES string of the molecule is CCOC(=O)c1cnn(C)c1CNC(C)CCN(C)C. The van der Waals surface area contributed by atoms with Crippen molar-refractivity contribution < 1.29 is 9.53 Å². The molecular formula is C14H26N4O2. The van der Waals surface area contributed by atoms with Gasteiger partial charge in [0.2, 0.25) is 0 Å². The Morgan fingerprint density at radius 2 is 2.25 bits per heavy atom. The molecule has 1 unspecified atom stereocenters. The van der Waals surface area contributed by atoms with Gasteiger partial charge in [-0.05, 0) is 40.9 Å². The normalized spacial score (nSPS) is 12.7. The molecule has 0 fully saturated rings. The zero-order chi connectivity index (χ0) is 15.1. The van der Waals surface area contributed by atoms with E-state index >= 15 is 0 Å². The minimum atomic E-state index is -0.307. The van der Waals surface area contributed by atoms with Crippen molar-refractivity contribution in [3.63, 3.8) is 0 Å². The third-order valence-corrected chi connectivity index (χ3v) is 3.18. The van der Waals surface area contributed by atoms with Gasteiger partial charge < -0.3 is 15.0 Å². The number of esters is 1. The molecule has 0 spiro atoms. The van der Waals surface area contributed by atoms with Crippen LogP contribution in [0, 0.1) is 0 Å². The first-order valence-electron chi connectivity index (χ1n) is 7.01. The highest BCUT2D eigenvalue weighted by Crippen LogP contribution is 2.10. The Hall–Kier alpha value is -1.40. The van der Waals surface area contributed by atoms with E-state index in [0.717, 1.165) is 18.7 Å². The van der Waals surface area contributed by atoms with Crippen molar-refractivity contribution in [2.24, 2.45) is 7.05 Å². The number of nitrogens with zero attached hydrogens (tertiary/aromatic N) is 3. The van der Waals surface area contributed by atoms with Crippen LogP contribution in [-0.2, 0) is 18.3 Å². The highest BCUT2D eigenvalue weighted by Gasteiger charge is 2.17. The van der Waals surface area contributed by atoms with Gasteiger partial charge in [-0.2, -0.15) is 5.10 Å². The van der Waals surface area contributed by atoms with Crippen LogP contribution in [0.15, 0.2) is 6.20 Å². The van der Waals surface area contributed by atoms with Gasteiger partial charge in [-0.25, -0.2) is 4.79 Å². The highest BCUT2D eigenvalue weighted by atomic mass is 16.5. The van der Waals surface area contributed by atoms with Crippen molar-refractivity contribution in [3.05, 3.63) is 17.5 Å². The summed E-state index contributed by atoms with van der Waals surface area (Å²) in [5.41, 5.74) is 1.40. The van der Waals surface area contributed by atoms with Crippen LogP contribution < -0.4 is 5.32 Å². The van der Waals surface area contributed by atoms with Crippen LogP contribution in [0.4, 0.5) is 0 Å². The average Bonchev–Trinajstić information content (AvgIpc) is 2.75. The quantitative estimate of drug-likeness (QED) is 0.722. The van der Waals surface area contributed by atoms with E-state index in [0.29, 0.717) is 24.8 Å². The van der Waals surface area contributed by atoms with Crippen LogP contribution in [0.5, 0.6) is 0 Å². The minimum Gasteiger partial charge on any atom is -0.462 e. The fraction of sp³-hybridized carbons (Fsp3) is 0.714. The Bertz CT molecular complexity index is 429. The molecule has 0 radical (unpaired) electrons. The second kappa shape index (κ2) is 8.01. The molecule has 20 heavy (non-hydrogen) atoms. The topological polar surface area (TPSA) is 59.4 Å². The van der Waals surface area contributed by atoms with E-state index in [1.54, 1.807) is 17.8 Å². The maximum atomic E-state index is 11.8. The van der Waals surface area contributed by atoms with Crippen molar-refractivity contribution in [2.45, 2.75) is 32.9 Å². The number of aromatic nitrogens is 2. The largest absolute Gasteiger partial charge is 0.462 e. The lowest BCUT2D eigenvalue weighted by molar-refractivity contribution is 0.0524. The Kier molecular flexibility index (Phi) is 6.67. The molecule has 1 aromatic rings. The van der Waals surface area contributed by atoms with E-state index in [-0.39, 0.29) is 5.97 Å². The molecule has 0 bridgehead atoms. The van der Waals surface area contributed by atoms with Crippen molar-refractivity contribution in [1.82, 2.24) is 20.0 Å². The lowest BCUT2D eigenvalue weighted by atomic mass is 10.2. The van der Waals surface area contributed by atoms with Gasteiger partial charge in [0.15, 0.2) is 0 Å². The molecule has 1 N–H and O–H groups in total. The zero-order valence-electron chi connectivity index (χ0n) is 13.1. The van der Waals surface area contributed by atoms with Gasteiger partial charge in [-0.3, -0.25) is 4.68 Å². The van der Waals surface area contributed by atoms with E-state index < -0.39 is 0 Å². The second-order valence-electron chi connectivity index (χ2n) is 5.22. The summed E-state index contributed by atoms with van der Waals surface area (Å²) in [6.07, 6.45) is 2.62. The number of nitrogens with one attached hydrogen (secondary N) is 1. The number of carbonyl (C=O) groups excluding carboxylic acids is 1. The third-order valence-electron chi connectivity index (χ3n) is 3.18. The average molecular weight is 282 g/mol. The molecule has 0 aliphatic rings. The predicted octanol–water partition coefficient (Wildman–Crippen LogP) is 1.03. The highest BCUT2D eigenvalue weighted by molar-refractivity contribution is 5.90. The number of aryl methyl sites for hydroxylation is 1. The zero-order valence-corrected chi connectivity index (χ0v) is 13.1. The second-order valence-corrected chi connectivity index (χ2v) is 5.22. The van der Waals surface area contributed by atoms with Crippen LogP contribution >= 0.6 is 0 Å². The molecule has 0 aromatic carbocycles. The van der Waals surface area contributed by atoms with Crippen molar-refractivity contribution in [2.75, 3.05) is 27.2 Å². The molecule has 0 amide bonds.